The maximum absolute atomic E-state index is 12.3. The fourth-order valence-electron chi connectivity index (χ4n) is 2.26. The van der Waals surface area contributed by atoms with Crippen molar-refractivity contribution >= 4 is 39.1 Å². The van der Waals surface area contributed by atoms with Crippen molar-refractivity contribution in [3.05, 3.63) is 64.8 Å². The van der Waals surface area contributed by atoms with Crippen molar-refractivity contribution in [2.75, 3.05) is 5.32 Å². The number of benzene rings is 1. The van der Waals surface area contributed by atoms with E-state index in [0.29, 0.717) is 16.3 Å². The summed E-state index contributed by atoms with van der Waals surface area (Å²) in [5.74, 6) is 3.14. The highest BCUT2D eigenvalue weighted by atomic mass is 32.2. The van der Waals surface area contributed by atoms with Gasteiger partial charge in [0.15, 0.2) is 0 Å². The Labute approximate surface area is 140 Å². The maximum atomic E-state index is 12.3. The molecule has 0 saturated heterocycles. The molecule has 0 spiro atoms. The molecule has 0 bridgehead atoms. The largest absolute Gasteiger partial charge is 0.321 e. The van der Waals surface area contributed by atoms with Gasteiger partial charge in [-0.15, -0.1) is 0 Å². The molecule has 5 nitrogen and oxygen atoms in total. The summed E-state index contributed by atoms with van der Waals surface area (Å²) in [4.78, 5) is 16.9. The van der Waals surface area contributed by atoms with E-state index in [-0.39, 0.29) is 5.57 Å². The number of aromatic nitrogens is 1. The van der Waals surface area contributed by atoms with E-state index in [2.05, 4.69) is 16.2 Å². The molecule has 1 amide bonds. The minimum atomic E-state index is -2.46. The predicted octanol–water partition coefficient (Wildman–Crippen LogP) is 2.69. The number of amides is 1. The Bertz CT molecular complexity index is 1010. The van der Waals surface area contributed by atoms with Crippen LogP contribution in [0.25, 0.3) is 12.2 Å². The van der Waals surface area contributed by atoms with Crippen LogP contribution in [0.1, 0.15) is 11.3 Å². The lowest BCUT2D eigenvalue weighted by Gasteiger charge is -2.08. The van der Waals surface area contributed by atoms with Gasteiger partial charge in [-0.2, -0.15) is 5.26 Å². The van der Waals surface area contributed by atoms with Crippen LogP contribution >= 0.6 is 0 Å². The molecule has 1 aromatic carbocycles. The molecular weight excluding hydrogens is 322 g/mol. The lowest BCUT2D eigenvalue weighted by atomic mass is 10.2. The summed E-state index contributed by atoms with van der Waals surface area (Å²) in [5, 5.41) is 13.4. The number of carbonyl (C=O) groups is 1. The fourth-order valence-corrected chi connectivity index (χ4v) is 3.64. The van der Waals surface area contributed by atoms with Crippen LogP contribution in [-0.2, 0) is 14.3 Å². The van der Waals surface area contributed by atoms with Gasteiger partial charge in [-0.1, -0.05) is 12.1 Å². The van der Waals surface area contributed by atoms with Gasteiger partial charge in [-0.25, -0.2) is 0 Å². The smallest absolute Gasteiger partial charge is 0.266 e. The Morgan fingerprint density at radius 3 is 2.88 bits per heavy atom. The Hall–Kier alpha value is -3.17. The SMILES string of the molecule is C=S1(=O)C=Cc2ccc(NC(=O)/C(C#N)=C/c3ccccn3)cc21. The zero-order valence-corrected chi connectivity index (χ0v) is 13.4. The molecule has 118 valence electrons. The summed E-state index contributed by atoms with van der Waals surface area (Å²) in [5.41, 5.74) is 1.73. The van der Waals surface area contributed by atoms with E-state index in [1.54, 1.807) is 54.1 Å². The van der Waals surface area contributed by atoms with Gasteiger partial charge in [-0.3, -0.25) is 14.0 Å². The zero-order chi connectivity index (χ0) is 17.2. The molecule has 0 saturated carbocycles. The number of anilines is 1. The average Bonchev–Trinajstić information content (AvgIpc) is 2.88. The van der Waals surface area contributed by atoms with E-state index in [1.165, 1.54) is 6.08 Å². The van der Waals surface area contributed by atoms with Gasteiger partial charge in [0.1, 0.15) is 11.6 Å². The van der Waals surface area contributed by atoms with E-state index in [4.69, 9.17) is 0 Å². The molecule has 1 N–H and O–H groups in total. The number of nitrogens with zero attached hydrogens (tertiary/aromatic N) is 2. The Kier molecular flexibility index (Phi) is 4.02. The summed E-state index contributed by atoms with van der Waals surface area (Å²) < 4.78 is 12.3. The molecule has 1 aliphatic heterocycles. The standard InChI is InChI=1S/C18H13N3O2S/c1-24(23)9-7-13-5-6-16(11-17(13)24)21-18(22)14(12-19)10-15-4-2-3-8-20-15/h2-11H,1H2,(H,21,22)/b14-10+. The highest BCUT2D eigenvalue weighted by Gasteiger charge is 2.17. The number of fused-ring (bicyclic) bond motifs is 1. The third-order valence-electron chi connectivity index (χ3n) is 3.46. The van der Waals surface area contributed by atoms with Crippen LogP contribution in [0.15, 0.2) is 58.5 Å². The van der Waals surface area contributed by atoms with Crippen LogP contribution in [0.3, 0.4) is 0 Å². The van der Waals surface area contributed by atoms with Gasteiger partial charge in [-0.05, 0) is 53.3 Å². The Morgan fingerprint density at radius 1 is 1.33 bits per heavy atom. The van der Waals surface area contributed by atoms with E-state index < -0.39 is 15.4 Å². The third-order valence-corrected chi connectivity index (χ3v) is 5.13. The summed E-state index contributed by atoms with van der Waals surface area (Å²) in [6, 6.07) is 12.2. The van der Waals surface area contributed by atoms with Crippen molar-refractivity contribution in [2.24, 2.45) is 0 Å². The van der Waals surface area contributed by atoms with Crippen LogP contribution in [0.5, 0.6) is 0 Å². The molecule has 1 unspecified atom stereocenters. The van der Waals surface area contributed by atoms with Gasteiger partial charge in [0.2, 0.25) is 0 Å². The highest BCUT2D eigenvalue weighted by Crippen LogP contribution is 2.29. The number of pyridine rings is 1. The monoisotopic (exact) mass is 335 g/mol. The summed E-state index contributed by atoms with van der Waals surface area (Å²) in [6.07, 6.45) is 4.74. The molecule has 1 atom stereocenters. The van der Waals surface area contributed by atoms with Crippen LogP contribution in [0.2, 0.25) is 0 Å². The minimum Gasteiger partial charge on any atom is -0.321 e. The van der Waals surface area contributed by atoms with Gasteiger partial charge in [0.25, 0.3) is 5.91 Å². The molecule has 0 fully saturated rings. The second-order valence-corrected chi connectivity index (χ2v) is 7.32. The van der Waals surface area contributed by atoms with E-state index in [0.717, 1.165) is 5.56 Å². The first-order valence-corrected chi connectivity index (χ1v) is 8.82. The molecule has 2 heterocycles. The van der Waals surface area contributed by atoms with E-state index in [9.17, 15) is 14.3 Å². The number of nitrogens with one attached hydrogen (secondary N) is 1. The van der Waals surface area contributed by atoms with Crippen molar-refractivity contribution in [3.8, 4) is 6.07 Å². The predicted molar refractivity (Wildman–Crippen MR) is 95.5 cm³/mol. The highest BCUT2D eigenvalue weighted by molar-refractivity contribution is 8.03. The van der Waals surface area contributed by atoms with Gasteiger partial charge in [0.05, 0.1) is 5.69 Å². The number of hydrogen-bond acceptors (Lipinski definition) is 4. The lowest BCUT2D eigenvalue weighted by molar-refractivity contribution is -0.112. The minimum absolute atomic E-state index is 0.0670. The number of rotatable bonds is 3. The second-order valence-electron chi connectivity index (χ2n) is 5.16. The fraction of sp³-hybridized carbons (Fsp3) is 0. The molecule has 1 aromatic heterocycles. The van der Waals surface area contributed by atoms with Crippen LogP contribution in [0.4, 0.5) is 5.69 Å². The second kappa shape index (κ2) is 6.14. The first kappa shape index (κ1) is 15.7. The number of carbonyl (C=O) groups excluding carboxylic acids is 1. The maximum Gasteiger partial charge on any atom is 0.266 e. The van der Waals surface area contributed by atoms with Crippen LogP contribution < -0.4 is 5.32 Å². The summed E-state index contributed by atoms with van der Waals surface area (Å²) in [6.45, 7) is 0. The first-order valence-electron chi connectivity index (χ1n) is 7.03. The molecule has 0 aliphatic carbocycles. The normalized spacial score (nSPS) is 18.7. The Balaban J connectivity index is 1.85. The van der Waals surface area contributed by atoms with Crippen molar-refractivity contribution < 1.29 is 9.00 Å². The Morgan fingerprint density at radius 2 is 2.17 bits per heavy atom. The lowest BCUT2D eigenvalue weighted by Crippen LogP contribution is -2.14. The number of hydrogen-bond donors (Lipinski definition) is 1. The van der Waals surface area contributed by atoms with Crippen molar-refractivity contribution in [2.45, 2.75) is 4.90 Å². The first-order chi connectivity index (χ1) is 11.5. The number of nitriles is 1. The van der Waals surface area contributed by atoms with Gasteiger partial charge in [0, 0.05) is 26.3 Å². The zero-order valence-electron chi connectivity index (χ0n) is 12.6. The van der Waals surface area contributed by atoms with E-state index >= 15 is 0 Å². The van der Waals surface area contributed by atoms with Crippen LogP contribution in [0, 0.1) is 11.3 Å². The molecule has 1 aliphatic rings. The molecule has 3 rings (SSSR count). The van der Waals surface area contributed by atoms with Crippen molar-refractivity contribution in [1.82, 2.24) is 4.98 Å². The van der Waals surface area contributed by atoms with Gasteiger partial charge >= 0.3 is 0 Å². The van der Waals surface area contributed by atoms with Crippen molar-refractivity contribution in [1.29, 1.82) is 5.26 Å². The molecule has 0 radical (unpaired) electrons. The summed E-state index contributed by atoms with van der Waals surface area (Å²) >= 11 is 0. The van der Waals surface area contributed by atoms with Crippen molar-refractivity contribution in [3.63, 3.8) is 0 Å². The molecule has 6 heteroatoms. The molecular formula is C18H13N3O2S. The quantitative estimate of drug-likeness (QED) is 0.531. The topological polar surface area (TPSA) is 82.9 Å². The molecule has 2 aromatic rings. The summed E-state index contributed by atoms with van der Waals surface area (Å²) in [7, 11) is -2.46. The van der Waals surface area contributed by atoms with Gasteiger partial charge < -0.3 is 5.32 Å². The average molecular weight is 335 g/mol. The van der Waals surface area contributed by atoms with Crippen LogP contribution in [-0.4, -0.2) is 21.0 Å². The third kappa shape index (κ3) is 3.12. The molecule has 24 heavy (non-hydrogen) atoms. The van der Waals surface area contributed by atoms with E-state index in [1.807, 2.05) is 6.07 Å².